The van der Waals surface area contributed by atoms with Crippen molar-refractivity contribution < 1.29 is 19.1 Å². The van der Waals surface area contributed by atoms with Crippen molar-refractivity contribution in [1.82, 2.24) is 16.2 Å². The van der Waals surface area contributed by atoms with E-state index in [1.54, 1.807) is 20.8 Å². The van der Waals surface area contributed by atoms with Gasteiger partial charge in [0, 0.05) is 5.92 Å². The topological polar surface area (TPSA) is 96.5 Å². The van der Waals surface area contributed by atoms with Gasteiger partial charge in [0.25, 0.3) is 5.91 Å². The smallest absolute Gasteiger partial charge is 0.407 e. The number of amides is 3. The lowest BCUT2D eigenvalue weighted by Crippen LogP contribution is -2.54. The van der Waals surface area contributed by atoms with Gasteiger partial charge < -0.3 is 10.1 Å². The van der Waals surface area contributed by atoms with Crippen molar-refractivity contribution in [3.05, 3.63) is 0 Å². The van der Waals surface area contributed by atoms with Crippen LogP contribution in [0.25, 0.3) is 0 Å². The molecule has 0 spiro atoms. The molecule has 3 N–H and O–H groups in total. The lowest BCUT2D eigenvalue weighted by molar-refractivity contribution is -0.131. The number of alkyl carbamates (subject to hydrolysis) is 1. The number of hydrazine groups is 1. The Bertz CT molecular complexity index is 353. The van der Waals surface area contributed by atoms with E-state index in [2.05, 4.69) is 16.2 Å². The van der Waals surface area contributed by atoms with Gasteiger partial charge >= 0.3 is 6.09 Å². The van der Waals surface area contributed by atoms with Gasteiger partial charge in [-0.2, -0.15) is 0 Å². The Morgan fingerprint density at radius 1 is 1.21 bits per heavy atom. The maximum absolute atomic E-state index is 11.9. The Morgan fingerprint density at radius 2 is 1.84 bits per heavy atom. The molecule has 1 fully saturated rings. The van der Waals surface area contributed by atoms with E-state index in [0.29, 0.717) is 0 Å². The molecule has 0 heterocycles. The number of nitrogens with one attached hydrogen (secondary N) is 3. The molecular formula is C12H21N3O4. The van der Waals surface area contributed by atoms with Crippen molar-refractivity contribution >= 4 is 17.9 Å². The number of carbonyl (C=O) groups is 3. The van der Waals surface area contributed by atoms with Crippen molar-refractivity contribution in [1.29, 1.82) is 0 Å². The fourth-order valence-electron chi connectivity index (χ4n) is 1.48. The third-order valence-corrected chi connectivity index (χ3v) is 2.75. The summed E-state index contributed by atoms with van der Waals surface area (Å²) in [5.41, 5.74) is 4.68. The summed E-state index contributed by atoms with van der Waals surface area (Å²) in [5.74, 6) is -0.762. The minimum Gasteiger partial charge on any atom is -0.450 e. The summed E-state index contributed by atoms with van der Waals surface area (Å²) in [7, 11) is 0. The molecule has 19 heavy (non-hydrogen) atoms. The van der Waals surface area contributed by atoms with Crippen molar-refractivity contribution in [2.75, 3.05) is 6.61 Å². The largest absolute Gasteiger partial charge is 0.450 e. The van der Waals surface area contributed by atoms with Crippen LogP contribution < -0.4 is 16.2 Å². The summed E-state index contributed by atoms with van der Waals surface area (Å²) >= 11 is 0. The normalized spacial score (nSPS) is 15.6. The van der Waals surface area contributed by atoms with Crippen LogP contribution in [0.1, 0.15) is 33.6 Å². The highest BCUT2D eigenvalue weighted by Crippen LogP contribution is 2.28. The molecule has 0 aromatic carbocycles. The van der Waals surface area contributed by atoms with Crippen molar-refractivity contribution in [3.63, 3.8) is 0 Å². The van der Waals surface area contributed by atoms with Crippen LogP contribution in [0.2, 0.25) is 0 Å². The van der Waals surface area contributed by atoms with Gasteiger partial charge in [-0.05, 0) is 25.7 Å². The zero-order valence-corrected chi connectivity index (χ0v) is 11.5. The number of hydrogen-bond donors (Lipinski definition) is 3. The third kappa shape index (κ3) is 5.15. The maximum Gasteiger partial charge on any atom is 0.407 e. The lowest BCUT2D eigenvalue weighted by Gasteiger charge is -2.21. The van der Waals surface area contributed by atoms with E-state index in [1.165, 1.54) is 0 Å². The molecule has 1 saturated carbocycles. The summed E-state index contributed by atoms with van der Waals surface area (Å²) in [5, 5.41) is 2.46. The second-order valence-electron chi connectivity index (χ2n) is 4.84. The quantitative estimate of drug-likeness (QED) is 0.627. The van der Waals surface area contributed by atoms with Crippen LogP contribution in [0.3, 0.4) is 0 Å². The Labute approximate surface area is 112 Å². The summed E-state index contributed by atoms with van der Waals surface area (Å²) in [4.78, 5) is 34.6. The average molecular weight is 271 g/mol. The van der Waals surface area contributed by atoms with Gasteiger partial charge in [-0.15, -0.1) is 0 Å². The van der Waals surface area contributed by atoms with Crippen LogP contribution in [-0.4, -0.2) is 30.6 Å². The zero-order valence-electron chi connectivity index (χ0n) is 11.5. The number of ether oxygens (including phenoxy) is 1. The van der Waals surface area contributed by atoms with Crippen molar-refractivity contribution in [3.8, 4) is 0 Å². The van der Waals surface area contributed by atoms with Gasteiger partial charge in [-0.1, -0.05) is 13.8 Å². The highest BCUT2D eigenvalue weighted by molar-refractivity contribution is 5.89. The van der Waals surface area contributed by atoms with Crippen LogP contribution in [0.15, 0.2) is 0 Å². The molecule has 1 atom stereocenters. The van der Waals surface area contributed by atoms with E-state index >= 15 is 0 Å². The Kier molecular flexibility index (Phi) is 5.59. The van der Waals surface area contributed by atoms with Gasteiger partial charge in [0.2, 0.25) is 5.91 Å². The van der Waals surface area contributed by atoms with Crippen molar-refractivity contribution in [2.24, 2.45) is 11.8 Å². The second kappa shape index (κ2) is 6.96. The van der Waals surface area contributed by atoms with Gasteiger partial charge in [0.05, 0.1) is 6.61 Å². The third-order valence-electron chi connectivity index (χ3n) is 2.75. The van der Waals surface area contributed by atoms with E-state index < -0.39 is 18.0 Å². The highest BCUT2D eigenvalue weighted by atomic mass is 16.5. The first-order valence-corrected chi connectivity index (χ1v) is 6.48. The van der Waals surface area contributed by atoms with Crippen LogP contribution in [-0.2, 0) is 14.3 Å². The predicted octanol–water partition coefficient (Wildman–Crippen LogP) is 0.315. The van der Waals surface area contributed by atoms with Gasteiger partial charge in [0.1, 0.15) is 6.04 Å². The van der Waals surface area contributed by atoms with E-state index in [0.717, 1.165) is 12.8 Å². The van der Waals surface area contributed by atoms with Gasteiger partial charge in [-0.3, -0.25) is 20.4 Å². The lowest BCUT2D eigenvalue weighted by atomic mass is 10.0. The molecule has 0 aliphatic heterocycles. The molecular weight excluding hydrogens is 250 g/mol. The average Bonchev–Trinajstić information content (AvgIpc) is 3.16. The minimum absolute atomic E-state index is 0.0100. The molecule has 7 heteroatoms. The fraction of sp³-hybridized carbons (Fsp3) is 0.750. The van der Waals surface area contributed by atoms with Crippen LogP contribution in [0, 0.1) is 11.8 Å². The Hall–Kier alpha value is -1.79. The molecule has 0 saturated heterocycles. The highest BCUT2D eigenvalue weighted by Gasteiger charge is 2.31. The first kappa shape index (κ1) is 15.3. The molecule has 0 unspecified atom stereocenters. The van der Waals surface area contributed by atoms with Gasteiger partial charge in [-0.25, -0.2) is 4.79 Å². The molecule has 1 rings (SSSR count). The molecule has 0 radical (unpaired) electrons. The monoisotopic (exact) mass is 271 g/mol. The summed E-state index contributed by atoms with van der Waals surface area (Å²) in [6.45, 7) is 5.49. The van der Waals surface area contributed by atoms with E-state index in [9.17, 15) is 14.4 Å². The minimum atomic E-state index is -0.751. The molecule has 1 aliphatic carbocycles. The number of rotatable bonds is 5. The molecule has 0 bridgehead atoms. The standard InChI is InChI=1S/C12H21N3O4/c1-4-19-12(18)13-9(7(2)3)11(17)15-14-10(16)8-5-6-8/h7-9H,4-6H2,1-3H3,(H,13,18)(H,14,16)(H,15,17)/t9-/m0/s1. The van der Waals surface area contributed by atoms with Gasteiger partial charge in [0.15, 0.2) is 0 Å². The van der Waals surface area contributed by atoms with E-state index in [4.69, 9.17) is 4.74 Å². The zero-order chi connectivity index (χ0) is 14.4. The fourth-order valence-corrected chi connectivity index (χ4v) is 1.48. The first-order valence-electron chi connectivity index (χ1n) is 6.48. The van der Waals surface area contributed by atoms with E-state index in [1.807, 2.05) is 0 Å². The summed E-state index contributed by atoms with van der Waals surface area (Å²) in [6.07, 6.45) is 1.07. The number of carbonyl (C=O) groups excluding carboxylic acids is 3. The van der Waals surface area contributed by atoms with Crippen LogP contribution >= 0.6 is 0 Å². The van der Waals surface area contributed by atoms with Crippen LogP contribution in [0.5, 0.6) is 0 Å². The second-order valence-corrected chi connectivity index (χ2v) is 4.84. The Balaban J connectivity index is 2.42. The predicted molar refractivity (Wildman–Crippen MR) is 67.8 cm³/mol. The first-order chi connectivity index (χ1) is 8.95. The molecule has 108 valence electrons. The molecule has 7 nitrogen and oxygen atoms in total. The molecule has 3 amide bonds. The SMILES string of the molecule is CCOC(=O)N[C@H](C(=O)NNC(=O)C1CC1)C(C)C. The Morgan fingerprint density at radius 3 is 2.32 bits per heavy atom. The van der Waals surface area contributed by atoms with Crippen molar-refractivity contribution in [2.45, 2.75) is 39.7 Å². The molecule has 0 aromatic heterocycles. The maximum atomic E-state index is 11.9. The van der Waals surface area contributed by atoms with E-state index in [-0.39, 0.29) is 24.3 Å². The molecule has 1 aliphatic rings. The van der Waals surface area contributed by atoms with Crippen LogP contribution in [0.4, 0.5) is 4.79 Å². The summed E-state index contributed by atoms with van der Waals surface area (Å²) in [6, 6.07) is -0.751. The summed E-state index contributed by atoms with van der Waals surface area (Å²) < 4.78 is 4.73. The molecule has 0 aromatic rings. The number of hydrogen-bond acceptors (Lipinski definition) is 4.